The maximum absolute atomic E-state index is 10.6. The number of allylic oxidation sites excluding steroid dienone is 2. The van der Waals surface area contributed by atoms with Gasteiger partial charge in [0, 0.05) is 12.0 Å². The smallest absolute Gasteiger partial charge is 0.108 e. The minimum Gasteiger partial charge on any atom is -0.378 e. The Bertz CT molecular complexity index is 306. The molecule has 3 unspecified atom stereocenters. The van der Waals surface area contributed by atoms with Crippen molar-refractivity contribution in [2.45, 2.75) is 73.6 Å². The molecule has 0 aromatic carbocycles. The second-order valence-electron chi connectivity index (χ2n) is 7.98. The van der Waals surface area contributed by atoms with E-state index in [2.05, 4.69) is 66.4 Å². The number of nitrogens with one attached hydrogen (secondary N) is 1. The molecule has 0 heterocycles. The SMILES string of the molecule is C=CC=CC(CC)NC(O)C(CC(C)(C)C)C(C)(C)C. The standard InChI is InChI=1S/C18H35NO/c1-9-11-12-14(10-2)19-16(20)15(18(6,7)8)13-17(3,4)5/h9,11-12,14-16,19-20H,1,10,13H2,2-8H3. The highest BCUT2D eigenvalue weighted by Gasteiger charge is 2.34. The maximum atomic E-state index is 10.6. The van der Waals surface area contributed by atoms with Crippen LogP contribution in [0.2, 0.25) is 0 Å². The molecule has 0 saturated carbocycles. The van der Waals surface area contributed by atoms with Gasteiger partial charge in [-0.2, -0.15) is 0 Å². The van der Waals surface area contributed by atoms with Crippen LogP contribution in [0, 0.1) is 16.7 Å². The van der Waals surface area contributed by atoms with Crippen LogP contribution < -0.4 is 5.32 Å². The Morgan fingerprint density at radius 2 is 1.70 bits per heavy atom. The largest absolute Gasteiger partial charge is 0.378 e. The third-order valence-electron chi connectivity index (χ3n) is 3.63. The minimum atomic E-state index is -0.492. The quantitative estimate of drug-likeness (QED) is 0.531. The molecule has 2 nitrogen and oxygen atoms in total. The fourth-order valence-electron chi connectivity index (χ4n) is 2.41. The summed E-state index contributed by atoms with van der Waals surface area (Å²) in [4.78, 5) is 0. The van der Waals surface area contributed by atoms with Gasteiger partial charge in [0.25, 0.3) is 0 Å². The Hall–Kier alpha value is -0.600. The highest BCUT2D eigenvalue weighted by molar-refractivity contribution is 5.03. The third-order valence-corrected chi connectivity index (χ3v) is 3.63. The summed E-state index contributed by atoms with van der Waals surface area (Å²) in [5, 5.41) is 14.0. The van der Waals surface area contributed by atoms with Crippen LogP contribution in [0.5, 0.6) is 0 Å². The number of hydrogen-bond donors (Lipinski definition) is 2. The highest BCUT2D eigenvalue weighted by Crippen LogP contribution is 2.37. The molecule has 0 saturated heterocycles. The summed E-state index contributed by atoms with van der Waals surface area (Å²) in [5.41, 5.74) is 0.277. The number of aliphatic hydroxyl groups is 1. The van der Waals surface area contributed by atoms with Gasteiger partial charge in [0.2, 0.25) is 0 Å². The molecule has 0 aliphatic heterocycles. The van der Waals surface area contributed by atoms with E-state index in [1.165, 1.54) is 0 Å². The Labute approximate surface area is 126 Å². The van der Waals surface area contributed by atoms with Crippen LogP contribution >= 0.6 is 0 Å². The van der Waals surface area contributed by atoms with Gasteiger partial charge < -0.3 is 5.11 Å². The van der Waals surface area contributed by atoms with Crippen molar-refractivity contribution in [1.29, 1.82) is 0 Å². The van der Waals surface area contributed by atoms with Crippen molar-refractivity contribution < 1.29 is 5.11 Å². The molecule has 0 amide bonds. The summed E-state index contributed by atoms with van der Waals surface area (Å²) in [5.74, 6) is 0.216. The van der Waals surface area contributed by atoms with Crippen molar-refractivity contribution in [2.24, 2.45) is 16.7 Å². The van der Waals surface area contributed by atoms with E-state index in [4.69, 9.17) is 0 Å². The van der Waals surface area contributed by atoms with Crippen LogP contribution in [0.15, 0.2) is 24.8 Å². The lowest BCUT2D eigenvalue weighted by Crippen LogP contribution is -2.47. The Kier molecular flexibility index (Phi) is 7.75. The first-order chi connectivity index (χ1) is 9.01. The molecule has 0 aromatic heterocycles. The first-order valence-electron chi connectivity index (χ1n) is 7.74. The first-order valence-corrected chi connectivity index (χ1v) is 7.74. The summed E-state index contributed by atoms with van der Waals surface area (Å²) >= 11 is 0. The van der Waals surface area contributed by atoms with Crippen LogP contribution in [0.25, 0.3) is 0 Å². The molecule has 0 bridgehead atoms. The molecule has 0 rings (SSSR count). The van der Waals surface area contributed by atoms with E-state index in [1.807, 2.05) is 6.08 Å². The van der Waals surface area contributed by atoms with Crippen LogP contribution in [0.3, 0.4) is 0 Å². The van der Waals surface area contributed by atoms with Crippen molar-refractivity contribution in [1.82, 2.24) is 5.32 Å². The number of hydrogen-bond acceptors (Lipinski definition) is 2. The predicted molar refractivity (Wildman–Crippen MR) is 89.6 cm³/mol. The second-order valence-corrected chi connectivity index (χ2v) is 7.98. The Balaban J connectivity index is 4.91. The molecular weight excluding hydrogens is 246 g/mol. The normalized spacial score (nSPS) is 18.0. The van der Waals surface area contributed by atoms with Crippen LogP contribution in [0.1, 0.15) is 61.3 Å². The lowest BCUT2D eigenvalue weighted by molar-refractivity contribution is -0.00867. The predicted octanol–water partition coefficient (Wildman–Crippen LogP) is 4.51. The number of rotatable bonds is 7. The molecular formula is C18H35NO. The molecule has 0 spiro atoms. The minimum absolute atomic E-state index is 0.0696. The van der Waals surface area contributed by atoms with E-state index >= 15 is 0 Å². The van der Waals surface area contributed by atoms with Crippen molar-refractivity contribution >= 4 is 0 Å². The molecule has 3 atom stereocenters. The van der Waals surface area contributed by atoms with Gasteiger partial charge in [0.1, 0.15) is 6.23 Å². The molecule has 2 N–H and O–H groups in total. The van der Waals surface area contributed by atoms with E-state index in [0.29, 0.717) is 0 Å². The lowest BCUT2D eigenvalue weighted by Gasteiger charge is -2.39. The average Bonchev–Trinajstić information content (AvgIpc) is 2.28. The first kappa shape index (κ1) is 19.4. The molecule has 20 heavy (non-hydrogen) atoms. The highest BCUT2D eigenvalue weighted by atomic mass is 16.3. The maximum Gasteiger partial charge on any atom is 0.108 e. The van der Waals surface area contributed by atoms with Gasteiger partial charge in [-0.3, -0.25) is 5.32 Å². The zero-order chi connectivity index (χ0) is 16.0. The van der Waals surface area contributed by atoms with Gasteiger partial charge in [-0.25, -0.2) is 0 Å². The van der Waals surface area contributed by atoms with E-state index in [0.717, 1.165) is 12.8 Å². The van der Waals surface area contributed by atoms with Gasteiger partial charge in [-0.15, -0.1) is 0 Å². The molecule has 0 aromatic rings. The summed E-state index contributed by atoms with van der Waals surface area (Å²) in [7, 11) is 0. The monoisotopic (exact) mass is 281 g/mol. The molecule has 0 fully saturated rings. The fraction of sp³-hybridized carbons (Fsp3) is 0.778. The van der Waals surface area contributed by atoms with E-state index in [9.17, 15) is 5.11 Å². The topological polar surface area (TPSA) is 32.3 Å². The lowest BCUT2D eigenvalue weighted by atomic mass is 9.71. The summed E-state index contributed by atoms with van der Waals surface area (Å²) in [6.45, 7) is 19.1. The van der Waals surface area contributed by atoms with Crippen LogP contribution in [-0.2, 0) is 0 Å². The summed E-state index contributed by atoms with van der Waals surface area (Å²) in [6, 6.07) is 0.188. The van der Waals surface area contributed by atoms with Crippen LogP contribution in [0.4, 0.5) is 0 Å². The van der Waals surface area contributed by atoms with Gasteiger partial charge in [-0.1, -0.05) is 73.3 Å². The van der Waals surface area contributed by atoms with E-state index in [-0.39, 0.29) is 22.8 Å². The van der Waals surface area contributed by atoms with Crippen molar-refractivity contribution in [3.63, 3.8) is 0 Å². The molecule has 0 aliphatic rings. The zero-order valence-electron chi connectivity index (χ0n) is 14.5. The fourth-order valence-corrected chi connectivity index (χ4v) is 2.41. The Morgan fingerprint density at radius 1 is 1.15 bits per heavy atom. The number of aliphatic hydroxyl groups excluding tert-OH is 1. The second kappa shape index (κ2) is 7.99. The van der Waals surface area contributed by atoms with Gasteiger partial charge in [0.15, 0.2) is 0 Å². The molecule has 118 valence electrons. The molecule has 0 radical (unpaired) electrons. The van der Waals surface area contributed by atoms with Crippen molar-refractivity contribution in [2.75, 3.05) is 0 Å². The van der Waals surface area contributed by atoms with Gasteiger partial charge in [0.05, 0.1) is 0 Å². The van der Waals surface area contributed by atoms with E-state index < -0.39 is 6.23 Å². The summed E-state index contributed by atoms with van der Waals surface area (Å²) < 4.78 is 0. The van der Waals surface area contributed by atoms with Gasteiger partial charge in [-0.05, 0) is 23.7 Å². The summed E-state index contributed by atoms with van der Waals surface area (Å²) in [6.07, 6.45) is 7.22. The third kappa shape index (κ3) is 7.86. The van der Waals surface area contributed by atoms with Crippen molar-refractivity contribution in [3.8, 4) is 0 Å². The van der Waals surface area contributed by atoms with Gasteiger partial charge >= 0.3 is 0 Å². The zero-order valence-corrected chi connectivity index (χ0v) is 14.5. The average molecular weight is 281 g/mol. The van der Waals surface area contributed by atoms with Crippen molar-refractivity contribution in [3.05, 3.63) is 24.8 Å². The van der Waals surface area contributed by atoms with Crippen LogP contribution in [-0.4, -0.2) is 17.4 Å². The molecule has 0 aliphatic carbocycles. The molecule has 2 heteroatoms. The van der Waals surface area contributed by atoms with E-state index in [1.54, 1.807) is 6.08 Å². The Morgan fingerprint density at radius 3 is 2.05 bits per heavy atom.